The summed E-state index contributed by atoms with van der Waals surface area (Å²) in [6, 6.07) is 10.1. The van der Waals surface area contributed by atoms with Crippen LogP contribution in [0.25, 0.3) is 0 Å². The SMILES string of the molecule is COc1cccc(NC(CO)c2cccc(F)c2F)c1. The topological polar surface area (TPSA) is 41.5 Å². The van der Waals surface area contributed by atoms with Gasteiger partial charge in [-0.1, -0.05) is 18.2 Å². The average Bonchev–Trinajstić information content (AvgIpc) is 2.48. The van der Waals surface area contributed by atoms with Gasteiger partial charge in [-0.15, -0.1) is 0 Å². The van der Waals surface area contributed by atoms with Crippen LogP contribution in [0.2, 0.25) is 0 Å². The molecule has 0 heterocycles. The van der Waals surface area contributed by atoms with E-state index in [1.807, 2.05) is 0 Å². The molecule has 3 nitrogen and oxygen atoms in total. The molecule has 0 spiro atoms. The summed E-state index contributed by atoms with van der Waals surface area (Å²) in [5, 5.41) is 12.4. The van der Waals surface area contributed by atoms with Gasteiger partial charge in [0.2, 0.25) is 0 Å². The lowest BCUT2D eigenvalue weighted by Gasteiger charge is -2.19. The minimum atomic E-state index is -0.957. The molecule has 0 aromatic heterocycles. The summed E-state index contributed by atoms with van der Waals surface area (Å²) in [7, 11) is 1.54. The minimum Gasteiger partial charge on any atom is -0.497 e. The highest BCUT2D eigenvalue weighted by Crippen LogP contribution is 2.25. The molecule has 2 aromatic rings. The Balaban J connectivity index is 2.26. The van der Waals surface area contributed by atoms with Crippen molar-refractivity contribution in [2.75, 3.05) is 19.0 Å². The number of ether oxygens (including phenoxy) is 1. The highest BCUT2D eigenvalue weighted by Gasteiger charge is 2.17. The Bertz CT molecular complexity index is 590. The number of benzene rings is 2. The molecule has 0 amide bonds. The molecule has 0 saturated carbocycles. The predicted octanol–water partition coefficient (Wildman–Crippen LogP) is 3.12. The monoisotopic (exact) mass is 279 g/mol. The number of methoxy groups -OCH3 is 1. The third-order valence-electron chi connectivity index (χ3n) is 2.95. The van der Waals surface area contributed by atoms with Gasteiger partial charge in [0, 0.05) is 17.3 Å². The molecule has 5 heteroatoms. The first kappa shape index (κ1) is 14.3. The number of aliphatic hydroxyl groups excluding tert-OH is 1. The van der Waals surface area contributed by atoms with Crippen LogP contribution in [0.3, 0.4) is 0 Å². The van der Waals surface area contributed by atoms with E-state index < -0.39 is 17.7 Å². The molecule has 0 saturated heterocycles. The number of hydrogen-bond donors (Lipinski definition) is 2. The van der Waals surface area contributed by atoms with Crippen LogP contribution < -0.4 is 10.1 Å². The summed E-state index contributed by atoms with van der Waals surface area (Å²) in [6.45, 7) is -0.364. The minimum absolute atomic E-state index is 0.0790. The van der Waals surface area contributed by atoms with Crippen molar-refractivity contribution in [3.05, 3.63) is 59.7 Å². The van der Waals surface area contributed by atoms with Crippen molar-refractivity contribution in [2.24, 2.45) is 0 Å². The van der Waals surface area contributed by atoms with Crippen LogP contribution in [0, 0.1) is 11.6 Å². The van der Waals surface area contributed by atoms with Gasteiger partial charge in [-0.25, -0.2) is 8.78 Å². The van der Waals surface area contributed by atoms with Crippen molar-refractivity contribution < 1.29 is 18.6 Å². The lowest BCUT2D eigenvalue weighted by Crippen LogP contribution is -2.17. The molecule has 106 valence electrons. The predicted molar refractivity (Wildman–Crippen MR) is 72.8 cm³/mol. The van der Waals surface area contributed by atoms with Crippen molar-refractivity contribution in [1.29, 1.82) is 0 Å². The van der Waals surface area contributed by atoms with Crippen LogP contribution in [0.15, 0.2) is 42.5 Å². The maximum absolute atomic E-state index is 13.7. The number of rotatable bonds is 5. The zero-order valence-corrected chi connectivity index (χ0v) is 10.9. The van der Waals surface area contributed by atoms with Crippen LogP contribution >= 0.6 is 0 Å². The van der Waals surface area contributed by atoms with E-state index in [-0.39, 0.29) is 12.2 Å². The fraction of sp³-hybridized carbons (Fsp3) is 0.200. The van der Waals surface area contributed by atoms with E-state index >= 15 is 0 Å². The highest BCUT2D eigenvalue weighted by molar-refractivity contribution is 5.50. The van der Waals surface area contributed by atoms with Crippen molar-refractivity contribution in [3.8, 4) is 5.75 Å². The van der Waals surface area contributed by atoms with E-state index in [0.29, 0.717) is 11.4 Å². The Morgan fingerprint density at radius 2 is 1.95 bits per heavy atom. The van der Waals surface area contributed by atoms with Gasteiger partial charge in [-0.05, 0) is 18.2 Å². The summed E-state index contributed by atoms with van der Waals surface area (Å²) in [6.07, 6.45) is 0. The first-order valence-corrected chi connectivity index (χ1v) is 6.11. The number of hydrogen-bond acceptors (Lipinski definition) is 3. The fourth-order valence-corrected chi connectivity index (χ4v) is 1.93. The Kier molecular flexibility index (Phi) is 4.53. The zero-order chi connectivity index (χ0) is 14.5. The third-order valence-corrected chi connectivity index (χ3v) is 2.95. The maximum atomic E-state index is 13.7. The summed E-state index contributed by atoms with van der Waals surface area (Å²) < 4.78 is 32.0. The smallest absolute Gasteiger partial charge is 0.164 e. The summed E-state index contributed by atoms with van der Waals surface area (Å²) >= 11 is 0. The molecule has 20 heavy (non-hydrogen) atoms. The Morgan fingerprint density at radius 3 is 2.65 bits per heavy atom. The third kappa shape index (κ3) is 3.05. The van der Waals surface area contributed by atoms with E-state index in [1.165, 1.54) is 19.2 Å². The molecule has 2 N–H and O–H groups in total. The summed E-state index contributed by atoms with van der Waals surface area (Å²) in [5.74, 6) is -1.26. The van der Waals surface area contributed by atoms with E-state index in [9.17, 15) is 13.9 Å². The molecule has 1 atom stereocenters. The fourth-order valence-electron chi connectivity index (χ4n) is 1.93. The van der Waals surface area contributed by atoms with Gasteiger partial charge in [0.15, 0.2) is 11.6 Å². The van der Waals surface area contributed by atoms with Gasteiger partial charge in [-0.2, -0.15) is 0 Å². The molecule has 0 aliphatic heterocycles. The normalized spacial score (nSPS) is 12.0. The molecule has 0 aliphatic rings. The van der Waals surface area contributed by atoms with Crippen molar-refractivity contribution in [1.82, 2.24) is 0 Å². The summed E-state index contributed by atoms with van der Waals surface area (Å²) in [5.41, 5.74) is 0.724. The largest absolute Gasteiger partial charge is 0.497 e. The zero-order valence-electron chi connectivity index (χ0n) is 10.9. The van der Waals surface area contributed by atoms with E-state index in [4.69, 9.17) is 4.74 Å². The van der Waals surface area contributed by atoms with E-state index in [0.717, 1.165) is 6.07 Å². The van der Waals surface area contributed by atoms with Gasteiger partial charge in [0.1, 0.15) is 5.75 Å². The molecule has 0 radical (unpaired) electrons. The Hall–Kier alpha value is -2.14. The van der Waals surface area contributed by atoms with Crippen LogP contribution in [0.4, 0.5) is 14.5 Å². The van der Waals surface area contributed by atoms with Crippen LogP contribution in [0.1, 0.15) is 11.6 Å². The molecule has 0 fully saturated rings. The van der Waals surface area contributed by atoms with Gasteiger partial charge in [-0.3, -0.25) is 0 Å². The number of nitrogens with one attached hydrogen (secondary N) is 1. The second kappa shape index (κ2) is 6.34. The van der Waals surface area contributed by atoms with Gasteiger partial charge in [0.25, 0.3) is 0 Å². The van der Waals surface area contributed by atoms with Crippen LogP contribution in [-0.4, -0.2) is 18.8 Å². The first-order valence-electron chi connectivity index (χ1n) is 6.11. The molecule has 0 aliphatic carbocycles. The number of halogens is 2. The number of anilines is 1. The van der Waals surface area contributed by atoms with Crippen molar-refractivity contribution in [2.45, 2.75) is 6.04 Å². The highest BCUT2D eigenvalue weighted by atomic mass is 19.2. The van der Waals surface area contributed by atoms with Crippen molar-refractivity contribution >= 4 is 5.69 Å². The van der Waals surface area contributed by atoms with Gasteiger partial charge < -0.3 is 15.2 Å². The Labute approximate surface area is 115 Å². The second-order valence-electron chi connectivity index (χ2n) is 4.25. The lowest BCUT2D eigenvalue weighted by atomic mass is 10.1. The average molecular weight is 279 g/mol. The number of aliphatic hydroxyl groups is 1. The standard InChI is InChI=1S/C15H15F2NO2/c1-20-11-5-2-4-10(8-11)18-14(9-19)12-6-3-7-13(16)15(12)17/h2-8,14,18-19H,9H2,1H3. The summed E-state index contributed by atoms with van der Waals surface area (Å²) in [4.78, 5) is 0. The molecule has 2 rings (SSSR count). The van der Waals surface area contributed by atoms with E-state index in [2.05, 4.69) is 5.32 Å². The lowest BCUT2D eigenvalue weighted by molar-refractivity contribution is 0.273. The van der Waals surface area contributed by atoms with Crippen LogP contribution in [0.5, 0.6) is 5.75 Å². The molecule has 1 unspecified atom stereocenters. The first-order chi connectivity index (χ1) is 9.65. The quantitative estimate of drug-likeness (QED) is 0.883. The second-order valence-corrected chi connectivity index (χ2v) is 4.25. The van der Waals surface area contributed by atoms with Gasteiger partial charge >= 0.3 is 0 Å². The van der Waals surface area contributed by atoms with Gasteiger partial charge in [0.05, 0.1) is 19.8 Å². The van der Waals surface area contributed by atoms with E-state index in [1.54, 1.807) is 24.3 Å². The molecular formula is C15H15F2NO2. The maximum Gasteiger partial charge on any atom is 0.164 e. The molecule has 2 aromatic carbocycles. The molecule has 0 bridgehead atoms. The van der Waals surface area contributed by atoms with Crippen molar-refractivity contribution in [3.63, 3.8) is 0 Å². The molecular weight excluding hydrogens is 264 g/mol. The Morgan fingerprint density at radius 1 is 1.20 bits per heavy atom. The van der Waals surface area contributed by atoms with Crippen LogP contribution in [-0.2, 0) is 0 Å².